The molecule has 126 valence electrons. The quantitative estimate of drug-likeness (QED) is 0.875. The highest BCUT2D eigenvalue weighted by molar-refractivity contribution is 6.30. The number of carboxylic acids is 1. The van der Waals surface area contributed by atoms with Gasteiger partial charge in [-0.2, -0.15) is 13.2 Å². The van der Waals surface area contributed by atoms with Crippen LogP contribution >= 0.6 is 11.6 Å². The number of aliphatic carboxylic acids is 1. The van der Waals surface area contributed by atoms with E-state index < -0.39 is 36.4 Å². The van der Waals surface area contributed by atoms with Gasteiger partial charge in [-0.1, -0.05) is 17.7 Å². The molecule has 1 aliphatic heterocycles. The summed E-state index contributed by atoms with van der Waals surface area (Å²) in [7, 11) is 0. The van der Waals surface area contributed by atoms with E-state index in [1.54, 1.807) is 18.2 Å². The number of nitrogens with one attached hydrogen (secondary N) is 1. The number of nitrogens with zero attached hydrogens (tertiary/aromatic N) is 1. The van der Waals surface area contributed by atoms with Gasteiger partial charge in [0.05, 0.1) is 18.4 Å². The Bertz CT molecular complexity index is 609. The first kappa shape index (κ1) is 17.6. The summed E-state index contributed by atoms with van der Waals surface area (Å²) in [4.78, 5) is 24.1. The largest absolute Gasteiger partial charge is 0.481 e. The van der Waals surface area contributed by atoms with Crippen molar-refractivity contribution in [3.63, 3.8) is 0 Å². The number of carboxylic acid groups (broad SMARTS) is 1. The van der Waals surface area contributed by atoms with Gasteiger partial charge in [-0.05, 0) is 18.2 Å². The lowest BCUT2D eigenvalue weighted by molar-refractivity contribution is -0.188. The van der Waals surface area contributed by atoms with Gasteiger partial charge in [0.15, 0.2) is 0 Å². The summed E-state index contributed by atoms with van der Waals surface area (Å²) in [6.07, 6.45) is -4.61. The number of hydrogen-bond donors (Lipinski definition) is 2. The Hall–Kier alpha value is -1.80. The van der Waals surface area contributed by atoms with Crippen molar-refractivity contribution in [1.82, 2.24) is 4.90 Å². The van der Waals surface area contributed by atoms with Crippen molar-refractivity contribution in [3.05, 3.63) is 29.3 Å². The lowest BCUT2D eigenvalue weighted by Gasteiger charge is -2.18. The second-order valence-corrected chi connectivity index (χ2v) is 5.78. The van der Waals surface area contributed by atoms with E-state index in [0.29, 0.717) is 10.7 Å². The Morgan fingerprint density at radius 1 is 1.35 bits per heavy atom. The SMILES string of the molecule is O=C(CN1C[C@@H](C(F)(F)F)[C@H](C(=O)O)C1)Nc1cccc(Cl)c1. The van der Waals surface area contributed by atoms with Crippen LogP contribution in [0.4, 0.5) is 18.9 Å². The Kier molecular flexibility index (Phi) is 5.16. The molecule has 0 aliphatic carbocycles. The van der Waals surface area contributed by atoms with Gasteiger partial charge in [0, 0.05) is 23.8 Å². The molecule has 0 unspecified atom stereocenters. The molecule has 1 fully saturated rings. The molecule has 2 rings (SSSR count). The third-order valence-corrected chi connectivity index (χ3v) is 3.84. The lowest BCUT2D eigenvalue weighted by Crippen LogP contribution is -2.34. The molecule has 1 saturated heterocycles. The summed E-state index contributed by atoms with van der Waals surface area (Å²) in [5.74, 6) is -5.57. The molecule has 1 aliphatic rings. The van der Waals surface area contributed by atoms with Crippen LogP contribution in [0.2, 0.25) is 5.02 Å². The van der Waals surface area contributed by atoms with Crippen LogP contribution in [0.15, 0.2) is 24.3 Å². The molecule has 1 heterocycles. The molecule has 1 amide bonds. The summed E-state index contributed by atoms with van der Waals surface area (Å²) in [5.41, 5.74) is 0.420. The summed E-state index contributed by atoms with van der Waals surface area (Å²) >= 11 is 5.77. The maximum atomic E-state index is 12.9. The minimum Gasteiger partial charge on any atom is -0.481 e. The van der Waals surface area contributed by atoms with Crippen molar-refractivity contribution in [2.24, 2.45) is 11.8 Å². The highest BCUT2D eigenvalue weighted by Gasteiger charge is 2.52. The van der Waals surface area contributed by atoms with E-state index in [-0.39, 0.29) is 13.1 Å². The van der Waals surface area contributed by atoms with Gasteiger partial charge in [0.1, 0.15) is 0 Å². The number of benzene rings is 1. The highest BCUT2D eigenvalue weighted by atomic mass is 35.5. The minimum atomic E-state index is -4.61. The average Bonchev–Trinajstić information content (AvgIpc) is 2.82. The molecule has 2 N–H and O–H groups in total. The molecule has 1 aromatic rings. The number of carbonyl (C=O) groups excluding carboxylic acids is 1. The minimum absolute atomic E-state index is 0.317. The fourth-order valence-corrected chi connectivity index (χ4v) is 2.76. The van der Waals surface area contributed by atoms with E-state index in [1.165, 1.54) is 11.0 Å². The summed E-state index contributed by atoms with van der Waals surface area (Å²) in [5, 5.41) is 11.8. The normalized spacial score (nSPS) is 22.1. The molecular weight excluding hydrogens is 337 g/mol. The van der Waals surface area contributed by atoms with Gasteiger partial charge in [-0.25, -0.2) is 0 Å². The van der Waals surface area contributed by atoms with Crippen LogP contribution < -0.4 is 5.32 Å². The average molecular weight is 351 g/mol. The molecule has 5 nitrogen and oxygen atoms in total. The first-order valence-electron chi connectivity index (χ1n) is 6.74. The van der Waals surface area contributed by atoms with Crippen LogP contribution in [-0.2, 0) is 9.59 Å². The van der Waals surface area contributed by atoms with Crippen LogP contribution in [-0.4, -0.2) is 47.7 Å². The molecule has 1 aromatic carbocycles. The molecule has 0 radical (unpaired) electrons. The fraction of sp³-hybridized carbons (Fsp3) is 0.429. The van der Waals surface area contributed by atoms with Gasteiger partial charge in [-0.3, -0.25) is 14.5 Å². The molecular formula is C14H14ClF3N2O3. The highest BCUT2D eigenvalue weighted by Crippen LogP contribution is 2.37. The van der Waals surface area contributed by atoms with Gasteiger partial charge >= 0.3 is 12.1 Å². The topological polar surface area (TPSA) is 69.6 Å². The van der Waals surface area contributed by atoms with Crippen molar-refractivity contribution in [3.8, 4) is 0 Å². The number of alkyl halides is 3. The maximum absolute atomic E-state index is 12.9. The number of rotatable bonds is 4. The van der Waals surface area contributed by atoms with Gasteiger partial charge in [0.2, 0.25) is 5.91 Å². The van der Waals surface area contributed by atoms with Gasteiger partial charge < -0.3 is 10.4 Å². The van der Waals surface area contributed by atoms with Crippen LogP contribution in [0, 0.1) is 11.8 Å². The Morgan fingerprint density at radius 3 is 2.57 bits per heavy atom. The van der Waals surface area contributed by atoms with E-state index in [2.05, 4.69) is 5.32 Å². The monoisotopic (exact) mass is 350 g/mol. The number of anilines is 1. The number of hydrogen-bond acceptors (Lipinski definition) is 3. The summed E-state index contributed by atoms with van der Waals surface area (Å²) in [6, 6.07) is 6.32. The molecule has 23 heavy (non-hydrogen) atoms. The molecule has 9 heteroatoms. The van der Waals surface area contributed by atoms with Gasteiger partial charge in [-0.15, -0.1) is 0 Å². The first-order valence-corrected chi connectivity index (χ1v) is 7.12. The Labute approximate surface area is 135 Å². The molecule has 0 spiro atoms. The van der Waals surface area contributed by atoms with E-state index >= 15 is 0 Å². The number of likely N-dealkylation sites (tertiary alicyclic amines) is 1. The van der Waals surface area contributed by atoms with Crippen LogP contribution in [0.25, 0.3) is 0 Å². The number of amides is 1. The zero-order valence-electron chi connectivity index (χ0n) is 11.8. The van der Waals surface area contributed by atoms with Crippen LogP contribution in [0.5, 0.6) is 0 Å². The summed E-state index contributed by atoms with van der Waals surface area (Å²) < 4.78 is 38.6. The third kappa shape index (κ3) is 4.59. The number of halogens is 4. The van der Waals surface area contributed by atoms with Crippen molar-refractivity contribution in [2.45, 2.75) is 6.18 Å². The van der Waals surface area contributed by atoms with Crippen molar-refractivity contribution < 1.29 is 27.9 Å². The molecule has 0 bridgehead atoms. The smallest absolute Gasteiger partial charge is 0.393 e. The summed E-state index contributed by atoms with van der Waals surface area (Å²) in [6.45, 7) is -1.14. The van der Waals surface area contributed by atoms with Crippen molar-refractivity contribution in [1.29, 1.82) is 0 Å². The second kappa shape index (κ2) is 6.76. The van der Waals surface area contributed by atoms with E-state index in [1.807, 2.05) is 0 Å². The van der Waals surface area contributed by atoms with Crippen LogP contribution in [0.1, 0.15) is 0 Å². The lowest BCUT2D eigenvalue weighted by atomic mass is 9.96. The van der Waals surface area contributed by atoms with E-state index in [0.717, 1.165) is 0 Å². The molecule has 0 aromatic heterocycles. The predicted molar refractivity (Wildman–Crippen MR) is 77.2 cm³/mol. The Morgan fingerprint density at radius 2 is 2.04 bits per heavy atom. The zero-order chi connectivity index (χ0) is 17.2. The standard InChI is InChI=1S/C14H14ClF3N2O3/c15-8-2-1-3-9(4-8)19-12(21)7-20-5-10(13(22)23)11(6-20)14(16,17)18/h1-4,10-11H,5-7H2,(H,19,21)(H,22,23)/t10-,11-/m1/s1. The number of carbonyl (C=O) groups is 2. The van der Waals surface area contributed by atoms with Crippen LogP contribution in [0.3, 0.4) is 0 Å². The maximum Gasteiger partial charge on any atom is 0.393 e. The zero-order valence-corrected chi connectivity index (χ0v) is 12.6. The Balaban J connectivity index is 1.98. The first-order chi connectivity index (χ1) is 10.7. The van der Waals surface area contributed by atoms with Crippen molar-refractivity contribution in [2.75, 3.05) is 25.0 Å². The third-order valence-electron chi connectivity index (χ3n) is 3.61. The van der Waals surface area contributed by atoms with E-state index in [4.69, 9.17) is 16.7 Å². The van der Waals surface area contributed by atoms with E-state index in [9.17, 15) is 22.8 Å². The predicted octanol–water partition coefficient (Wildman–Crippen LogP) is 2.47. The molecule has 0 saturated carbocycles. The fourth-order valence-electron chi connectivity index (χ4n) is 2.57. The van der Waals surface area contributed by atoms with Crippen molar-refractivity contribution >= 4 is 29.2 Å². The molecule has 2 atom stereocenters. The van der Waals surface area contributed by atoms with Gasteiger partial charge in [0.25, 0.3) is 0 Å². The second-order valence-electron chi connectivity index (χ2n) is 5.35.